The molecule has 4 rings (SSSR count). The van der Waals surface area contributed by atoms with Crippen molar-refractivity contribution in [1.82, 2.24) is 5.32 Å². The van der Waals surface area contributed by atoms with Crippen LogP contribution in [0, 0.1) is 0 Å². The van der Waals surface area contributed by atoms with Gasteiger partial charge in [0.2, 0.25) is 5.78 Å². The van der Waals surface area contributed by atoms with E-state index < -0.39 is 18.5 Å². The van der Waals surface area contributed by atoms with Gasteiger partial charge < -0.3 is 15.4 Å². The molecule has 1 fully saturated rings. The molecule has 1 saturated carbocycles. The zero-order valence-electron chi connectivity index (χ0n) is 18.4. The standard InChI is InChI=1S/C26H24N2O5S/c29-23(28-21-13-6-5-12-20(21)25(31)27-17-8-1-2-9-17)16-33-26(32)19-11-4-3-10-18(19)24(30)22-14-7-15-34-22/h3-7,10-15,17H,1-2,8-9,16H2,(H,27,31)(H,28,29). The van der Waals surface area contributed by atoms with Crippen LogP contribution in [0.5, 0.6) is 0 Å². The molecule has 0 radical (unpaired) electrons. The number of carbonyl (C=O) groups is 4. The number of amides is 2. The van der Waals surface area contributed by atoms with Crippen LogP contribution in [0.4, 0.5) is 5.69 Å². The second-order valence-electron chi connectivity index (χ2n) is 7.98. The quantitative estimate of drug-likeness (QED) is 0.370. The van der Waals surface area contributed by atoms with Crippen LogP contribution in [-0.4, -0.2) is 36.2 Å². The maximum atomic E-state index is 12.7. The second kappa shape index (κ2) is 10.9. The Morgan fingerprint density at radius 2 is 1.53 bits per heavy atom. The Kier molecular flexibility index (Phi) is 7.49. The molecule has 7 nitrogen and oxygen atoms in total. The third-order valence-electron chi connectivity index (χ3n) is 5.61. The van der Waals surface area contributed by atoms with Crippen LogP contribution in [0.2, 0.25) is 0 Å². The van der Waals surface area contributed by atoms with Crippen molar-refractivity contribution in [2.24, 2.45) is 0 Å². The zero-order chi connectivity index (χ0) is 23.9. The average Bonchev–Trinajstić information content (AvgIpc) is 3.57. The van der Waals surface area contributed by atoms with E-state index in [1.54, 1.807) is 60.0 Å². The van der Waals surface area contributed by atoms with Gasteiger partial charge in [-0.3, -0.25) is 14.4 Å². The molecule has 0 atom stereocenters. The highest BCUT2D eigenvalue weighted by Crippen LogP contribution is 2.21. The van der Waals surface area contributed by atoms with Crippen molar-refractivity contribution >= 4 is 40.6 Å². The fourth-order valence-electron chi connectivity index (χ4n) is 3.92. The molecular formula is C26H24N2O5S. The van der Waals surface area contributed by atoms with Gasteiger partial charge in [-0.25, -0.2) is 4.79 Å². The van der Waals surface area contributed by atoms with Gasteiger partial charge in [-0.2, -0.15) is 0 Å². The van der Waals surface area contributed by atoms with E-state index in [2.05, 4.69) is 10.6 Å². The van der Waals surface area contributed by atoms with Crippen LogP contribution >= 0.6 is 11.3 Å². The first-order valence-electron chi connectivity index (χ1n) is 11.1. The Balaban J connectivity index is 1.39. The summed E-state index contributed by atoms with van der Waals surface area (Å²) in [6.07, 6.45) is 4.09. The molecule has 8 heteroatoms. The summed E-state index contributed by atoms with van der Waals surface area (Å²) in [6.45, 7) is -0.557. The number of esters is 1. The number of benzene rings is 2. The first-order chi connectivity index (χ1) is 16.5. The van der Waals surface area contributed by atoms with Gasteiger partial charge in [0.25, 0.3) is 11.8 Å². The number of ether oxygens (including phenoxy) is 1. The van der Waals surface area contributed by atoms with Crippen molar-refractivity contribution in [3.8, 4) is 0 Å². The van der Waals surface area contributed by atoms with Gasteiger partial charge in [-0.05, 0) is 42.5 Å². The summed E-state index contributed by atoms with van der Waals surface area (Å²) < 4.78 is 5.18. The number of para-hydroxylation sites is 1. The number of rotatable bonds is 8. The molecule has 1 aliphatic rings. The first kappa shape index (κ1) is 23.4. The minimum atomic E-state index is -0.775. The molecule has 174 valence electrons. The van der Waals surface area contributed by atoms with E-state index in [9.17, 15) is 19.2 Å². The number of ketones is 1. The van der Waals surface area contributed by atoms with Crippen molar-refractivity contribution in [2.75, 3.05) is 11.9 Å². The van der Waals surface area contributed by atoms with Crippen molar-refractivity contribution in [3.63, 3.8) is 0 Å². The van der Waals surface area contributed by atoms with Crippen LogP contribution < -0.4 is 10.6 Å². The van der Waals surface area contributed by atoms with E-state index in [0.717, 1.165) is 25.7 Å². The molecule has 1 aliphatic carbocycles. The number of nitrogens with one attached hydrogen (secondary N) is 2. The lowest BCUT2D eigenvalue weighted by Crippen LogP contribution is -2.33. The lowest BCUT2D eigenvalue weighted by atomic mass is 10.0. The van der Waals surface area contributed by atoms with Gasteiger partial charge >= 0.3 is 5.97 Å². The molecule has 0 bridgehead atoms. The summed E-state index contributed by atoms with van der Waals surface area (Å²) in [5.41, 5.74) is 0.989. The average molecular weight is 477 g/mol. The Hall–Kier alpha value is -3.78. The van der Waals surface area contributed by atoms with Crippen molar-refractivity contribution in [2.45, 2.75) is 31.7 Å². The normalized spacial score (nSPS) is 13.3. The summed E-state index contributed by atoms with van der Waals surface area (Å²) in [4.78, 5) is 51.0. The molecule has 3 aromatic rings. The van der Waals surface area contributed by atoms with Gasteiger partial charge in [-0.15, -0.1) is 11.3 Å². The molecule has 34 heavy (non-hydrogen) atoms. The van der Waals surface area contributed by atoms with Crippen molar-refractivity contribution in [3.05, 3.63) is 87.6 Å². The van der Waals surface area contributed by atoms with Crippen molar-refractivity contribution in [1.29, 1.82) is 0 Å². The molecule has 2 N–H and O–H groups in total. The molecule has 2 aromatic carbocycles. The zero-order valence-corrected chi connectivity index (χ0v) is 19.2. The van der Waals surface area contributed by atoms with Crippen LogP contribution in [-0.2, 0) is 9.53 Å². The SMILES string of the molecule is O=C(COC(=O)c1ccccc1C(=O)c1cccs1)Nc1ccccc1C(=O)NC1CCCC1. The Morgan fingerprint density at radius 3 is 2.24 bits per heavy atom. The highest BCUT2D eigenvalue weighted by Gasteiger charge is 2.22. The number of thiophene rings is 1. The molecule has 0 aliphatic heterocycles. The largest absolute Gasteiger partial charge is 0.452 e. The maximum Gasteiger partial charge on any atom is 0.339 e. The summed E-state index contributed by atoms with van der Waals surface area (Å²) >= 11 is 1.28. The summed E-state index contributed by atoms with van der Waals surface area (Å²) in [7, 11) is 0. The molecule has 2 amide bonds. The van der Waals surface area contributed by atoms with Crippen LogP contribution in [0.3, 0.4) is 0 Å². The maximum absolute atomic E-state index is 12.7. The number of hydrogen-bond acceptors (Lipinski definition) is 6. The van der Waals surface area contributed by atoms with Gasteiger partial charge in [0, 0.05) is 11.6 Å². The summed E-state index contributed by atoms with van der Waals surface area (Å²) in [5, 5.41) is 7.42. The minimum absolute atomic E-state index is 0.0880. The Labute approximate surface area is 201 Å². The number of anilines is 1. The molecule has 1 heterocycles. The third-order valence-corrected chi connectivity index (χ3v) is 6.48. The minimum Gasteiger partial charge on any atom is -0.452 e. The lowest BCUT2D eigenvalue weighted by Gasteiger charge is -2.15. The molecular weight excluding hydrogens is 452 g/mol. The molecule has 1 aromatic heterocycles. The number of carbonyl (C=O) groups excluding carboxylic acids is 4. The van der Waals surface area contributed by atoms with Crippen LogP contribution in [0.1, 0.15) is 61.6 Å². The fraction of sp³-hybridized carbons (Fsp3) is 0.231. The van der Waals surface area contributed by atoms with E-state index in [1.165, 1.54) is 17.4 Å². The lowest BCUT2D eigenvalue weighted by molar-refractivity contribution is -0.119. The first-order valence-corrected chi connectivity index (χ1v) is 11.9. The van der Waals surface area contributed by atoms with Gasteiger partial charge in [-0.1, -0.05) is 49.2 Å². The Morgan fingerprint density at radius 1 is 0.853 bits per heavy atom. The fourth-order valence-corrected chi connectivity index (χ4v) is 4.60. The predicted molar refractivity (Wildman–Crippen MR) is 129 cm³/mol. The van der Waals surface area contributed by atoms with Gasteiger partial charge in [0.1, 0.15) is 0 Å². The highest BCUT2D eigenvalue weighted by atomic mass is 32.1. The van der Waals surface area contributed by atoms with Crippen molar-refractivity contribution < 1.29 is 23.9 Å². The summed E-state index contributed by atoms with van der Waals surface area (Å²) in [6, 6.07) is 16.6. The predicted octanol–water partition coefficient (Wildman–Crippen LogP) is 4.45. The van der Waals surface area contributed by atoms with E-state index in [4.69, 9.17) is 4.74 Å². The van der Waals surface area contributed by atoms with Gasteiger partial charge in [0.05, 0.1) is 21.7 Å². The van der Waals surface area contributed by atoms with Crippen LogP contribution in [0.15, 0.2) is 66.0 Å². The van der Waals surface area contributed by atoms with E-state index in [0.29, 0.717) is 16.1 Å². The van der Waals surface area contributed by atoms with Crippen LogP contribution in [0.25, 0.3) is 0 Å². The third kappa shape index (κ3) is 5.58. The smallest absolute Gasteiger partial charge is 0.339 e. The topological polar surface area (TPSA) is 102 Å². The number of hydrogen-bond donors (Lipinski definition) is 2. The Bertz CT molecular complexity index is 1200. The second-order valence-corrected chi connectivity index (χ2v) is 8.92. The molecule has 0 spiro atoms. The highest BCUT2D eigenvalue weighted by molar-refractivity contribution is 7.12. The van der Waals surface area contributed by atoms with E-state index in [-0.39, 0.29) is 28.9 Å². The summed E-state index contributed by atoms with van der Waals surface area (Å²) in [5.74, 6) is -1.89. The van der Waals surface area contributed by atoms with Gasteiger partial charge in [0.15, 0.2) is 6.61 Å². The van der Waals surface area contributed by atoms with E-state index >= 15 is 0 Å². The van der Waals surface area contributed by atoms with E-state index in [1.807, 2.05) is 0 Å². The monoisotopic (exact) mass is 476 g/mol. The molecule has 0 unspecified atom stereocenters. The molecule has 0 saturated heterocycles.